The molecule has 3 aromatic carbocycles. The number of aromatic nitrogens is 1. The zero-order chi connectivity index (χ0) is 22.1. The van der Waals surface area contributed by atoms with Gasteiger partial charge in [-0.1, -0.05) is 30.0 Å². The minimum Gasteiger partial charge on any atom is -0.495 e. The van der Waals surface area contributed by atoms with E-state index in [1.165, 1.54) is 11.8 Å². The maximum Gasteiger partial charge on any atom is 0.234 e. The number of thiazole rings is 1. The Labute approximate surface area is 192 Å². The molecule has 0 aliphatic carbocycles. The number of ether oxygens (including phenoxy) is 2. The standard InChI is InChI=1S/C24H20N2O4S2/c1-3-29-14-8-9-17-22(10-14)32-24(26-17)31-13-23(27)25-18-12-20-16(11-21(18)28-2)15-6-4-5-7-19(15)30-20/h4-12H,3,13H2,1-2H3,(H,25,27). The van der Waals surface area contributed by atoms with Crippen molar-refractivity contribution in [2.24, 2.45) is 0 Å². The quantitative estimate of drug-likeness (QED) is 0.284. The first-order chi connectivity index (χ1) is 15.6. The highest BCUT2D eigenvalue weighted by Gasteiger charge is 2.15. The van der Waals surface area contributed by atoms with Crippen molar-refractivity contribution >= 4 is 66.8 Å². The number of furan rings is 1. The average Bonchev–Trinajstić information content (AvgIpc) is 3.37. The zero-order valence-electron chi connectivity index (χ0n) is 17.5. The van der Waals surface area contributed by atoms with Crippen LogP contribution in [0.4, 0.5) is 5.69 Å². The van der Waals surface area contributed by atoms with E-state index in [-0.39, 0.29) is 11.7 Å². The van der Waals surface area contributed by atoms with Crippen molar-refractivity contribution in [1.29, 1.82) is 0 Å². The van der Waals surface area contributed by atoms with Crippen LogP contribution in [0, 0.1) is 0 Å². The predicted molar refractivity (Wildman–Crippen MR) is 130 cm³/mol. The lowest BCUT2D eigenvalue weighted by Crippen LogP contribution is -2.14. The number of rotatable bonds is 7. The van der Waals surface area contributed by atoms with Gasteiger partial charge in [-0.3, -0.25) is 4.79 Å². The van der Waals surface area contributed by atoms with Gasteiger partial charge in [0.05, 0.1) is 35.4 Å². The summed E-state index contributed by atoms with van der Waals surface area (Å²) in [6.07, 6.45) is 0. The van der Waals surface area contributed by atoms with Crippen LogP contribution in [0.5, 0.6) is 11.5 Å². The number of carbonyl (C=O) groups is 1. The van der Waals surface area contributed by atoms with Crippen LogP contribution in [0.15, 0.2) is 63.4 Å². The highest BCUT2D eigenvalue weighted by molar-refractivity contribution is 8.01. The van der Waals surface area contributed by atoms with Crippen LogP contribution in [0.25, 0.3) is 32.2 Å². The van der Waals surface area contributed by atoms with Crippen LogP contribution in [-0.4, -0.2) is 30.4 Å². The number of thioether (sulfide) groups is 1. The third-order valence-electron chi connectivity index (χ3n) is 4.95. The summed E-state index contributed by atoms with van der Waals surface area (Å²) >= 11 is 2.95. The minimum atomic E-state index is -0.141. The fourth-order valence-electron chi connectivity index (χ4n) is 3.53. The second kappa shape index (κ2) is 8.72. The molecule has 2 heterocycles. The number of methoxy groups -OCH3 is 1. The SMILES string of the molecule is CCOc1ccc2nc(SCC(=O)Nc3cc4oc5ccccc5c4cc3OC)sc2c1. The van der Waals surface area contributed by atoms with Gasteiger partial charge in [0.25, 0.3) is 0 Å². The molecule has 32 heavy (non-hydrogen) atoms. The van der Waals surface area contributed by atoms with Crippen LogP contribution < -0.4 is 14.8 Å². The lowest BCUT2D eigenvalue weighted by Gasteiger charge is -2.10. The molecule has 162 valence electrons. The van der Waals surface area contributed by atoms with Crippen molar-refractivity contribution in [3.63, 3.8) is 0 Å². The van der Waals surface area contributed by atoms with E-state index in [9.17, 15) is 4.79 Å². The van der Waals surface area contributed by atoms with Gasteiger partial charge in [-0.05, 0) is 37.3 Å². The Balaban J connectivity index is 1.32. The lowest BCUT2D eigenvalue weighted by atomic mass is 10.1. The highest BCUT2D eigenvalue weighted by Crippen LogP contribution is 2.37. The summed E-state index contributed by atoms with van der Waals surface area (Å²) in [5, 5.41) is 4.90. The molecule has 0 aliphatic heterocycles. The fraction of sp³-hybridized carbons (Fsp3) is 0.167. The van der Waals surface area contributed by atoms with Gasteiger partial charge in [0.15, 0.2) is 4.34 Å². The Morgan fingerprint density at radius 2 is 2.00 bits per heavy atom. The number of hydrogen-bond donors (Lipinski definition) is 1. The summed E-state index contributed by atoms with van der Waals surface area (Å²) in [6.45, 7) is 2.58. The van der Waals surface area contributed by atoms with Gasteiger partial charge in [-0.25, -0.2) is 4.98 Å². The summed E-state index contributed by atoms with van der Waals surface area (Å²) in [5.74, 6) is 1.51. The number of carbonyl (C=O) groups excluding carboxylic acids is 1. The van der Waals surface area contributed by atoms with E-state index in [2.05, 4.69) is 10.3 Å². The van der Waals surface area contributed by atoms with E-state index >= 15 is 0 Å². The molecule has 1 N–H and O–H groups in total. The van der Waals surface area contributed by atoms with Gasteiger partial charge in [0.1, 0.15) is 22.7 Å². The minimum absolute atomic E-state index is 0.141. The van der Waals surface area contributed by atoms with Crippen molar-refractivity contribution in [3.05, 3.63) is 54.6 Å². The number of benzene rings is 3. The number of amides is 1. The van der Waals surface area contributed by atoms with Crippen LogP contribution in [0.2, 0.25) is 0 Å². The van der Waals surface area contributed by atoms with Crippen molar-refractivity contribution in [2.45, 2.75) is 11.3 Å². The van der Waals surface area contributed by atoms with Gasteiger partial charge in [0, 0.05) is 16.8 Å². The highest BCUT2D eigenvalue weighted by atomic mass is 32.2. The molecule has 6 nitrogen and oxygen atoms in total. The second-order valence-corrected chi connectivity index (χ2v) is 9.28. The first-order valence-corrected chi connectivity index (χ1v) is 11.9. The molecule has 0 bridgehead atoms. The molecule has 0 aliphatic rings. The van der Waals surface area contributed by atoms with E-state index in [1.54, 1.807) is 18.4 Å². The molecule has 0 saturated carbocycles. The molecule has 2 aromatic heterocycles. The van der Waals surface area contributed by atoms with E-state index in [4.69, 9.17) is 13.9 Å². The molecule has 8 heteroatoms. The van der Waals surface area contributed by atoms with Gasteiger partial charge in [-0.2, -0.15) is 0 Å². The Morgan fingerprint density at radius 3 is 2.84 bits per heavy atom. The lowest BCUT2D eigenvalue weighted by molar-refractivity contribution is -0.113. The van der Waals surface area contributed by atoms with Crippen molar-refractivity contribution < 1.29 is 18.7 Å². The summed E-state index contributed by atoms with van der Waals surface area (Å²) < 4.78 is 18.9. The predicted octanol–water partition coefficient (Wildman–Crippen LogP) is 6.33. The van der Waals surface area contributed by atoms with Gasteiger partial charge < -0.3 is 19.2 Å². The van der Waals surface area contributed by atoms with Crippen molar-refractivity contribution in [2.75, 3.05) is 24.8 Å². The number of para-hydroxylation sites is 1. The number of anilines is 1. The molecular weight excluding hydrogens is 444 g/mol. The third kappa shape index (κ3) is 3.99. The van der Waals surface area contributed by atoms with Gasteiger partial charge in [-0.15, -0.1) is 11.3 Å². The van der Waals surface area contributed by atoms with E-state index in [1.807, 2.05) is 61.5 Å². The Bertz CT molecular complexity index is 1440. The Hall–Kier alpha value is -3.23. The molecule has 5 aromatic rings. The van der Waals surface area contributed by atoms with Crippen LogP contribution in [-0.2, 0) is 4.79 Å². The number of nitrogens with one attached hydrogen (secondary N) is 1. The van der Waals surface area contributed by atoms with E-state index < -0.39 is 0 Å². The van der Waals surface area contributed by atoms with Gasteiger partial charge in [0.2, 0.25) is 5.91 Å². The fourth-order valence-corrected chi connectivity index (χ4v) is 5.43. The zero-order valence-corrected chi connectivity index (χ0v) is 19.1. The average molecular weight is 465 g/mol. The maximum absolute atomic E-state index is 12.7. The second-order valence-electron chi connectivity index (χ2n) is 7.03. The summed E-state index contributed by atoms with van der Waals surface area (Å²) in [6, 6.07) is 17.4. The first kappa shape index (κ1) is 20.7. The Morgan fingerprint density at radius 1 is 1.12 bits per heavy atom. The molecule has 1 amide bonds. The first-order valence-electron chi connectivity index (χ1n) is 10.1. The Kier molecular flexibility index (Phi) is 5.63. The van der Waals surface area contributed by atoms with Gasteiger partial charge >= 0.3 is 0 Å². The van der Waals surface area contributed by atoms with Crippen LogP contribution in [0.1, 0.15) is 6.92 Å². The third-order valence-corrected chi connectivity index (χ3v) is 7.11. The van der Waals surface area contributed by atoms with E-state index in [0.29, 0.717) is 23.6 Å². The van der Waals surface area contributed by atoms with E-state index in [0.717, 1.165) is 36.7 Å². The molecule has 0 saturated heterocycles. The normalized spacial score (nSPS) is 11.3. The smallest absolute Gasteiger partial charge is 0.234 e. The summed E-state index contributed by atoms with van der Waals surface area (Å²) in [7, 11) is 1.59. The number of hydrogen-bond acceptors (Lipinski definition) is 7. The van der Waals surface area contributed by atoms with Crippen LogP contribution >= 0.6 is 23.1 Å². The monoisotopic (exact) mass is 464 g/mol. The molecule has 0 atom stereocenters. The summed E-state index contributed by atoms with van der Waals surface area (Å²) in [4.78, 5) is 17.3. The molecule has 0 radical (unpaired) electrons. The molecule has 0 fully saturated rings. The molecule has 0 unspecified atom stereocenters. The molecular formula is C24H20N2O4S2. The van der Waals surface area contributed by atoms with Crippen molar-refractivity contribution in [1.82, 2.24) is 4.98 Å². The number of fused-ring (bicyclic) bond motifs is 4. The molecule has 0 spiro atoms. The largest absolute Gasteiger partial charge is 0.495 e. The topological polar surface area (TPSA) is 73.6 Å². The van der Waals surface area contributed by atoms with Crippen LogP contribution in [0.3, 0.4) is 0 Å². The molecule has 5 rings (SSSR count). The maximum atomic E-state index is 12.7. The number of nitrogens with zero attached hydrogens (tertiary/aromatic N) is 1. The van der Waals surface area contributed by atoms with Crippen molar-refractivity contribution in [3.8, 4) is 11.5 Å². The summed E-state index contributed by atoms with van der Waals surface area (Å²) in [5.41, 5.74) is 2.98.